The van der Waals surface area contributed by atoms with Crippen LogP contribution >= 0.6 is 11.6 Å². The number of hydrogen-bond donors (Lipinski definition) is 1. The highest BCUT2D eigenvalue weighted by Gasteiger charge is 2.40. The highest BCUT2D eigenvalue weighted by molar-refractivity contribution is 6.30. The summed E-state index contributed by atoms with van der Waals surface area (Å²) >= 11 is 6.27. The molecule has 0 unspecified atom stereocenters. The molecule has 2 amide bonds. The molecule has 1 aliphatic carbocycles. The Morgan fingerprint density at radius 3 is 2.65 bits per heavy atom. The molecule has 1 heterocycles. The minimum absolute atomic E-state index is 0.193. The SMILES string of the molecule is COc1ncccc1C(=O)N([C@@H]1CCc2ccc(Cl)cc21)[C@@H](C(N)=O)c1ccccc1. The first-order valence-electron chi connectivity index (χ1n) is 9.95. The van der Waals surface area contributed by atoms with E-state index in [2.05, 4.69) is 4.98 Å². The monoisotopic (exact) mass is 435 g/mol. The second-order valence-corrected chi connectivity index (χ2v) is 7.82. The van der Waals surface area contributed by atoms with Crippen molar-refractivity contribution < 1.29 is 14.3 Å². The highest BCUT2D eigenvalue weighted by Crippen LogP contribution is 2.42. The fraction of sp³-hybridized carbons (Fsp3) is 0.208. The molecule has 2 aromatic carbocycles. The standard InChI is InChI=1S/C24H22ClN3O3/c1-31-23-18(8-5-13-27-23)24(30)28(21(22(26)29)16-6-3-2-4-7-16)20-12-10-15-9-11-17(25)14-19(15)20/h2-9,11,13-14,20-21H,10,12H2,1H3,(H2,26,29)/t20-,21-/m1/s1. The van der Waals surface area contributed by atoms with E-state index in [0.29, 0.717) is 17.0 Å². The van der Waals surface area contributed by atoms with Gasteiger partial charge < -0.3 is 15.4 Å². The first-order valence-corrected chi connectivity index (χ1v) is 10.3. The van der Waals surface area contributed by atoms with Crippen LogP contribution in [0, 0.1) is 0 Å². The number of carbonyl (C=O) groups excluding carboxylic acids is 2. The van der Waals surface area contributed by atoms with E-state index in [4.69, 9.17) is 22.1 Å². The molecule has 6 nitrogen and oxygen atoms in total. The molecule has 158 valence electrons. The van der Waals surface area contributed by atoms with Gasteiger partial charge in [-0.05, 0) is 53.8 Å². The van der Waals surface area contributed by atoms with Gasteiger partial charge in [0.25, 0.3) is 5.91 Å². The predicted octanol–water partition coefficient (Wildman–Crippen LogP) is 4.10. The van der Waals surface area contributed by atoms with Gasteiger partial charge in [0, 0.05) is 11.2 Å². The maximum atomic E-state index is 13.9. The van der Waals surface area contributed by atoms with Crippen molar-refractivity contribution in [3.05, 3.63) is 94.1 Å². The van der Waals surface area contributed by atoms with Crippen molar-refractivity contribution >= 4 is 23.4 Å². The maximum Gasteiger partial charge on any atom is 0.260 e. The van der Waals surface area contributed by atoms with E-state index in [-0.39, 0.29) is 23.4 Å². The molecule has 4 rings (SSSR count). The molecule has 0 radical (unpaired) electrons. The van der Waals surface area contributed by atoms with E-state index < -0.39 is 11.9 Å². The summed E-state index contributed by atoms with van der Waals surface area (Å²) in [6.45, 7) is 0. The Morgan fingerprint density at radius 2 is 1.94 bits per heavy atom. The van der Waals surface area contributed by atoms with Gasteiger partial charge in [-0.15, -0.1) is 0 Å². The van der Waals surface area contributed by atoms with Crippen LogP contribution in [0.25, 0.3) is 0 Å². The Kier molecular flexibility index (Phi) is 5.91. The smallest absolute Gasteiger partial charge is 0.260 e. The lowest BCUT2D eigenvalue weighted by atomic mass is 9.98. The third kappa shape index (κ3) is 3.99. The maximum absolute atomic E-state index is 13.9. The normalized spacial score (nSPS) is 15.7. The van der Waals surface area contributed by atoms with Crippen molar-refractivity contribution in [3.63, 3.8) is 0 Å². The zero-order chi connectivity index (χ0) is 22.0. The second-order valence-electron chi connectivity index (χ2n) is 7.39. The number of methoxy groups -OCH3 is 1. The minimum atomic E-state index is -0.964. The number of rotatable bonds is 6. The molecule has 2 atom stereocenters. The Balaban J connectivity index is 1.88. The number of carbonyl (C=O) groups is 2. The van der Waals surface area contributed by atoms with Crippen molar-refractivity contribution in [2.24, 2.45) is 5.73 Å². The summed E-state index contributed by atoms with van der Waals surface area (Å²) in [4.78, 5) is 32.3. The Hall–Kier alpha value is -3.38. The summed E-state index contributed by atoms with van der Waals surface area (Å²) in [6, 6.07) is 16.7. The summed E-state index contributed by atoms with van der Waals surface area (Å²) in [5, 5.41) is 0.576. The van der Waals surface area contributed by atoms with Crippen LogP contribution in [0.4, 0.5) is 0 Å². The number of nitrogens with two attached hydrogens (primary N) is 1. The Labute approximate surface area is 185 Å². The van der Waals surface area contributed by atoms with Gasteiger partial charge >= 0.3 is 0 Å². The molecule has 1 aromatic heterocycles. The molecule has 3 aromatic rings. The number of aryl methyl sites for hydroxylation is 1. The molecule has 7 heteroatoms. The average molecular weight is 436 g/mol. The summed E-state index contributed by atoms with van der Waals surface area (Å²) in [5.41, 5.74) is 8.80. The van der Waals surface area contributed by atoms with Crippen molar-refractivity contribution in [2.45, 2.75) is 24.9 Å². The van der Waals surface area contributed by atoms with Crippen LogP contribution in [0.2, 0.25) is 5.02 Å². The summed E-state index contributed by atoms with van der Waals surface area (Å²) in [5.74, 6) is -0.800. The average Bonchev–Trinajstić information content (AvgIpc) is 3.19. The topological polar surface area (TPSA) is 85.5 Å². The van der Waals surface area contributed by atoms with Gasteiger partial charge in [0.15, 0.2) is 0 Å². The van der Waals surface area contributed by atoms with Gasteiger partial charge in [-0.1, -0.05) is 48.0 Å². The van der Waals surface area contributed by atoms with Gasteiger partial charge in [0.1, 0.15) is 11.6 Å². The predicted molar refractivity (Wildman–Crippen MR) is 118 cm³/mol. The molecule has 0 bridgehead atoms. The van der Waals surface area contributed by atoms with Crippen LogP contribution < -0.4 is 10.5 Å². The minimum Gasteiger partial charge on any atom is -0.480 e. The van der Waals surface area contributed by atoms with Crippen molar-refractivity contribution in [3.8, 4) is 5.88 Å². The summed E-state index contributed by atoms with van der Waals surface area (Å²) in [6.07, 6.45) is 2.97. The molecule has 0 aliphatic heterocycles. The van der Waals surface area contributed by atoms with Crippen molar-refractivity contribution in [2.75, 3.05) is 7.11 Å². The number of hydrogen-bond acceptors (Lipinski definition) is 4. The lowest BCUT2D eigenvalue weighted by molar-refractivity contribution is -0.123. The van der Waals surface area contributed by atoms with Crippen LogP contribution in [0.5, 0.6) is 5.88 Å². The first-order chi connectivity index (χ1) is 15.0. The number of nitrogens with zero attached hydrogens (tertiary/aromatic N) is 2. The number of ether oxygens (including phenoxy) is 1. The molecule has 0 spiro atoms. The van der Waals surface area contributed by atoms with E-state index in [1.165, 1.54) is 7.11 Å². The fourth-order valence-electron chi connectivity index (χ4n) is 4.23. The van der Waals surface area contributed by atoms with E-state index in [0.717, 1.165) is 17.5 Å². The number of pyridine rings is 1. The van der Waals surface area contributed by atoms with Gasteiger partial charge in [-0.2, -0.15) is 0 Å². The van der Waals surface area contributed by atoms with Crippen LogP contribution in [-0.4, -0.2) is 28.8 Å². The number of aromatic nitrogens is 1. The number of amides is 2. The van der Waals surface area contributed by atoms with E-state index in [1.54, 1.807) is 35.4 Å². The van der Waals surface area contributed by atoms with Gasteiger partial charge in [0.2, 0.25) is 11.8 Å². The van der Waals surface area contributed by atoms with Crippen LogP contribution in [0.3, 0.4) is 0 Å². The Morgan fingerprint density at radius 1 is 1.16 bits per heavy atom. The van der Waals surface area contributed by atoms with Crippen LogP contribution in [0.1, 0.15) is 45.6 Å². The Bertz CT molecular complexity index is 1120. The van der Waals surface area contributed by atoms with Crippen molar-refractivity contribution in [1.82, 2.24) is 9.88 Å². The number of halogens is 1. The molecule has 1 aliphatic rings. The molecule has 2 N–H and O–H groups in total. The van der Waals surface area contributed by atoms with E-state index in [9.17, 15) is 9.59 Å². The number of benzene rings is 2. The molecule has 0 saturated carbocycles. The summed E-state index contributed by atoms with van der Waals surface area (Å²) in [7, 11) is 1.46. The molecular formula is C24H22ClN3O3. The van der Waals surface area contributed by atoms with Gasteiger partial charge in [-0.25, -0.2) is 4.98 Å². The van der Waals surface area contributed by atoms with E-state index in [1.807, 2.05) is 36.4 Å². The molecular weight excluding hydrogens is 414 g/mol. The van der Waals surface area contributed by atoms with Gasteiger partial charge in [-0.3, -0.25) is 9.59 Å². The highest BCUT2D eigenvalue weighted by atomic mass is 35.5. The number of primary amides is 1. The second kappa shape index (κ2) is 8.78. The van der Waals surface area contributed by atoms with E-state index >= 15 is 0 Å². The fourth-order valence-corrected chi connectivity index (χ4v) is 4.41. The number of fused-ring (bicyclic) bond motifs is 1. The molecule has 0 fully saturated rings. The third-order valence-electron chi connectivity index (χ3n) is 5.58. The lowest BCUT2D eigenvalue weighted by Gasteiger charge is -2.36. The zero-order valence-corrected chi connectivity index (χ0v) is 17.8. The summed E-state index contributed by atoms with van der Waals surface area (Å²) < 4.78 is 5.32. The third-order valence-corrected chi connectivity index (χ3v) is 5.82. The van der Waals surface area contributed by atoms with Crippen molar-refractivity contribution in [1.29, 1.82) is 0 Å². The lowest BCUT2D eigenvalue weighted by Crippen LogP contribution is -2.43. The molecule has 0 saturated heterocycles. The van der Waals surface area contributed by atoms with Gasteiger partial charge in [0.05, 0.1) is 13.2 Å². The first kappa shape index (κ1) is 20.9. The quantitative estimate of drug-likeness (QED) is 0.631. The zero-order valence-electron chi connectivity index (χ0n) is 17.0. The largest absolute Gasteiger partial charge is 0.480 e. The van der Waals surface area contributed by atoms with Crippen LogP contribution in [-0.2, 0) is 11.2 Å². The molecule has 31 heavy (non-hydrogen) atoms. The van der Waals surface area contributed by atoms with Crippen LogP contribution in [0.15, 0.2) is 66.9 Å².